The van der Waals surface area contributed by atoms with Crippen molar-refractivity contribution in [2.75, 3.05) is 14.2 Å². The van der Waals surface area contributed by atoms with E-state index in [1.54, 1.807) is 31.3 Å². The van der Waals surface area contributed by atoms with Crippen molar-refractivity contribution in [1.29, 1.82) is 0 Å². The molecule has 0 aliphatic rings. The Labute approximate surface area is 129 Å². The lowest BCUT2D eigenvalue weighted by molar-refractivity contribution is 0.387. The average Bonchev–Trinajstić information content (AvgIpc) is 2.53. The summed E-state index contributed by atoms with van der Waals surface area (Å²) in [7, 11) is -1.19. The second kappa shape index (κ2) is 6.41. The molecule has 0 saturated heterocycles. The second-order valence-corrected chi connectivity index (χ2v) is 6.71. The molecule has 0 amide bonds. The zero-order valence-corrected chi connectivity index (χ0v) is 13.3. The van der Waals surface area contributed by atoms with Crippen LogP contribution in [0.3, 0.4) is 0 Å². The maximum Gasteiger partial charge on any atom is 0.246 e. The van der Waals surface area contributed by atoms with Crippen molar-refractivity contribution in [3.63, 3.8) is 0 Å². The van der Waals surface area contributed by atoms with Crippen molar-refractivity contribution in [3.8, 4) is 5.75 Å². The molecule has 2 rings (SSSR count). The predicted molar refractivity (Wildman–Crippen MR) is 80.6 cm³/mol. The van der Waals surface area contributed by atoms with E-state index in [1.807, 2.05) is 0 Å². The van der Waals surface area contributed by atoms with Crippen LogP contribution in [0.2, 0.25) is 0 Å². The van der Waals surface area contributed by atoms with Gasteiger partial charge in [-0.15, -0.1) is 0 Å². The van der Waals surface area contributed by atoms with Crippen LogP contribution < -0.4 is 4.74 Å². The summed E-state index contributed by atoms with van der Waals surface area (Å²) >= 11 is 0. The Morgan fingerprint density at radius 3 is 2.55 bits per heavy atom. The molecular formula is C15H17FN2O3S. The van der Waals surface area contributed by atoms with E-state index in [0.29, 0.717) is 5.69 Å². The van der Waals surface area contributed by atoms with Gasteiger partial charge in [-0.3, -0.25) is 4.98 Å². The third-order valence-corrected chi connectivity index (χ3v) is 5.42. The predicted octanol–water partition coefficient (Wildman–Crippen LogP) is 2.61. The van der Waals surface area contributed by atoms with Crippen LogP contribution in [-0.4, -0.2) is 31.9 Å². The van der Waals surface area contributed by atoms with Gasteiger partial charge in [0.1, 0.15) is 16.5 Å². The highest BCUT2D eigenvalue weighted by Gasteiger charge is 2.29. The lowest BCUT2D eigenvalue weighted by Crippen LogP contribution is -2.30. The minimum Gasteiger partial charge on any atom is -0.497 e. The third-order valence-electron chi connectivity index (χ3n) is 3.46. The van der Waals surface area contributed by atoms with Gasteiger partial charge in [-0.05, 0) is 31.2 Å². The highest BCUT2D eigenvalue weighted by molar-refractivity contribution is 7.89. The number of halogens is 1. The SMILES string of the molecule is COc1ccc(S(=O)(=O)N(C)[C@H](C)c2ccccn2)c(F)c1. The number of rotatable bonds is 5. The first-order chi connectivity index (χ1) is 10.4. The van der Waals surface area contributed by atoms with Crippen LogP contribution in [0, 0.1) is 5.82 Å². The van der Waals surface area contributed by atoms with Gasteiger partial charge in [0.05, 0.1) is 18.8 Å². The number of hydrogen-bond donors (Lipinski definition) is 0. The number of pyridine rings is 1. The van der Waals surface area contributed by atoms with Crippen molar-refractivity contribution in [1.82, 2.24) is 9.29 Å². The Balaban J connectivity index is 2.37. The highest BCUT2D eigenvalue weighted by atomic mass is 32.2. The molecule has 1 aromatic carbocycles. The zero-order valence-electron chi connectivity index (χ0n) is 12.5. The topological polar surface area (TPSA) is 59.5 Å². The first-order valence-electron chi connectivity index (χ1n) is 6.60. The fraction of sp³-hybridized carbons (Fsp3) is 0.267. The summed E-state index contributed by atoms with van der Waals surface area (Å²) in [5, 5.41) is 0. The fourth-order valence-corrected chi connectivity index (χ4v) is 3.37. The Kier molecular flexibility index (Phi) is 4.77. The molecule has 0 aliphatic heterocycles. The van der Waals surface area contributed by atoms with E-state index in [0.717, 1.165) is 10.4 Å². The van der Waals surface area contributed by atoms with Crippen LogP contribution in [0.4, 0.5) is 4.39 Å². The number of benzene rings is 1. The van der Waals surface area contributed by atoms with Crippen molar-refractivity contribution in [3.05, 3.63) is 54.1 Å². The summed E-state index contributed by atoms with van der Waals surface area (Å²) in [6, 6.07) is 8.38. The standard InChI is InChI=1S/C15H17FN2O3S/c1-11(14-6-4-5-9-17-14)18(2)22(19,20)15-8-7-12(21-3)10-13(15)16/h4-11H,1-3H3/t11-/m1/s1. The summed E-state index contributed by atoms with van der Waals surface area (Å²) < 4.78 is 45.2. The Bertz CT molecular complexity index is 751. The zero-order chi connectivity index (χ0) is 16.3. The van der Waals surface area contributed by atoms with Gasteiger partial charge in [0.25, 0.3) is 0 Å². The molecule has 1 heterocycles. The highest BCUT2D eigenvalue weighted by Crippen LogP contribution is 2.27. The van der Waals surface area contributed by atoms with E-state index in [1.165, 1.54) is 26.3 Å². The molecule has 1 aromatic heterocycles. The summed E-state index contributed by atoms with van der Waals surface area (Å²) in [6.45, 7) is 1.70. The normalized spacial score (nSPS) is 13.1. The Hall–Kier alpha value is -1.99. The summed E-state index contributed by atoms with van der Waals surface area (Å²) in [5.74, 6) is -0.587. The number of nitrogens with zero attached hydrogens (tertiary/aromatic N) is 2. The maximum atomic E-state index is 14.1. The molecule has 0 radical (unpaired) electrons. The van der Waals surface area contributed by atoms with Crippen LogP contribution in [0.25, 0.3) is 0 Å². The lowest BCUT2D eigenvalue weighted by atomic mass is 10.2. The minimum absolute atomic E-state index is 0.261. The number of methoxy groups -OCH3 is 1. The molecule has 0 fully saturated rings. The van der Waals surface area contributed by atoms with E-state index in [9.17, 15) is 12.8 Å². The van der Waals surface area contributed by atoms with Gasteiger partial charge in [-0.1, -0.05) is 6.07 Å². The van der Waals surface area contributed by atoms with Gasteiger partial charge in [0.15, 0.2) is 0 Å². The molecule has 0 N–H and O–H groups in total. The molecule has 0 aliphatic carbocycles. The summed E-state index contributed by atoms with van der Waals surface area (Å²) in [5.41, 5.74) is 0.586. The third kappa shape index (κ3) is 3.10. The molecule has 7 heteroatoms. The molecule has 22 heavy (non-hydrogen) atoms. The Morgan fingerprint density at radius 2 is 2.00 bits per heavy atom. The molecular weight excluding hydrogens is 307 g/mol. The molecule has 0 saturated carbocycles. The molecule has 0 spiro atoms. The van der Waals surface area contributed by atoms with Crippen LogP contribution in [-0.2, 0) is 10.0 Å². The van der Waals surface area contributed by atoms with Gasteiger partial charge in [-0.2, -0.15) is 4.31 Å². The quantitative estimate of drug-likeness (QED) is 0.848. The first kappa shape index (κ1) is 16.4. The van der Waals surface area contributed by atoms with Gasteiger partial charge in [0, 0.05) is 19.3 Å². The van der Waals surface area contributed by atoms with Crippen molar-refractivity contribution in [2.45, 2.75) is 17.9 Å². The van der Waals surface area contributed by atoms with Crippen LogP contribution >= 0.6 is 0 Å². The van der Waals surface area contributed by atoms with Crippen LogP contribution in [0.15, 0.2) is 47.5 Å². The minimum atomic E-state index is -3.98. The van der Waals surface area contributed by atoms with Crippen molar-refractivity contribution >= 4 is 10.0 Å². The number of aromatic nitrogens is 1. The van der Waals surface area contributed by atoms with E-state index in [4.69, 9.17) is 4.74 Å². The van der Waals surface area contributed by atoms with E-state index in [-0.39, 0.29) is 5.75 Å². The van der Waals surface area contributed by atoms with Gasteiger partial charge < -0.3 is 4.74 Å². The lowest BCUT2D eigenvalue weighted by Gasteiger charge is -2.24. The molecule has 0 bridgehead atoms. The molecule has 5 nitrogen and oxygen atoms in total. The van der Waals surface area contributed by atoms with Crippen LogP contribution in [0.1, 0.15) is 18.7 Å². The molecule has 1 atom stereocenters. The van der Waals surface area contributed by atoms with E-state index in [2.05, 4.69) is 4.98 Å². The Morgan fingerprint density at radius 1 is 1.27 bits per heavy atom. The first-order valence-corrected chi connectivity index (χ1v) is 8.04. The van der Waals surface area contributed by atoms with E-state index >= 15 is 0 Å². The van der Waals surface area contributed by atoms with Crippen molar-refractivity contribution < 1.29 is 17.5 Å². The van der Waals surface area contributed by atoms with Gasteiger partial charge >= 0.3 is 0 Å². The summed E-state index contributed by atoms with van der Waals surface area (Å²) in [6.07, 6.45) is 1.58. The number of sulfonamides is 1. The molecule has 2 aromatic rings. The molecule has 118 valence electrons. The second-order valence-electron chi connectivity index (χ2n) is 4.75. The average molecular weight is 324 g/mol. The number of ether oxygens (including phenoxy) is 1. The summed E-state index contributed by atoms with van der Waals surface area (Å²) in [4.78, 5) is 3.75. The van der Waals surface area contributed by atoms with Crippen LogP contribution in [0.5, 0.6) is 5.75 Å². The molecule has 0 unspecified atom stereocenters. The van der Waals surface area contributed by atoms with E-state index < -0.39 is 26.8 Å². The maximum absolute atomic E-state index is 14.1. The fourth-order valence-electron chi connectivity index (χ4n) is 1.99. The smallest absolute Gasteiger partial charge is 0.246 e. The largest absolute Gasteiger partial charge is 0.497 e. The number of hydrogen-bond acceptors (Lipinski definition) is 4. The van der Waals surface area contributed by atoms with Gasteiger partial charge in [0.2, 0.25) is 10.0 Å². The monoisotopic (exact) mass is 324 g/mol. The van der Waals surface area contributed by atoms with Gasteiger partial charge in [-0.25, -0.2) is 12.8 Å². The van der Waals surface area contributed by atoms with Crippen molar-refractivity contribution in [2.24, 2.45) is 0 Å².